The summed E-state index contributed by atoms with van der Waals surface area (Å²) in [6.07, 6.45) is 14.7. The Bertz CT molecular complexity index is 723. The van der Waals surface area contributed by atoms with Gasteiger partial charge in [-0.2, -0.15) is 0 Å². The van der Waals surface area contributed by atoms with Crippen molar-refractivity contribution in [1.82, 2.24) is 10.6 Å². The van der Waals surface area contributed by atoms with E-state index in [0.29, 0.717) is 12.1 Å². The maximum atomic E-state index is 9.87. The first-order chi connectivity index (χ1) is 15.2. The van der Waals surface area contributed by atoms with Crippen LogP contribution in [0.3, 0.4) is 0 Å². The van der Waals surface area contributed by atoms with Crippen molar-refractivity contribution in [1.29, 1.82) is 0 Å². The van der Waals surface area contributed by atoms with Crippen LogP contribution in [0.1, 0.15) is 46.0 Å². The molecule has 0 unspecified atom stereocenters. The normalized spacial score (nSPS) is 29.1. The van der Waals surface area contributed by atoms with E-state index in [0.717, 1.165) is 19.5 Å². The summed E-state index contributed by atoms with van der Waals surface area (Å²) in [4.78, 5) is 7.15. The molecule has 1 saturated carbocycles. The summed E-state index contributed by atoms with van der Waals surface area (Å²) >= 11 is 0. The second kappa shape index (κ2) is 10.4. The van der Waals surface area contributed by atoms with Gasteiger partial charge in [-0.1, -0.05) is 0 Å². The summed E-state index contributed by atoms with van der Waals surface area (Å²) in [5.74, 6) is 0. The number of halogens is 12. The minimum absolute atomic E-state index is 0.519. The van der Waals surface area contributed by atoms with Crippen molar-refractivity contribution in [2.45, 2.75) is 58.0 Å². The Kier molecular flexibility index (Phi) is 9.97. The Morgan fingerprint density at radius 2 is 0.886 bits per heavy atom. The predicted octanol–water partition coefficient (Wildman–Crippen LogP) is 5.76. The van der Waals surface area contributed by atoms with Gasteiger partial charge in [0.05, 0.1) is 0 Å². The molecule has 1 heterocycles. The van der Waals surface area contributed by atoms with Crippen LogP contribution in [0.25, 0.3) is 0 Å². The van der Waals surface area contributed by atoms with Crippen molar-refractivity contribution in [2.24, 2.45) is 0 Å². The van der Waals surface area contributed by atoms with Crippen LogP contribution in [0.4, 0.5) is 50.4 Å². The molecule has 1 aliphatic heterocycles. The van der Waals surface area contributed by atoms with Crippen molar-refractivity contribution in [3.05, 3.63) is 23.5 Å². The zero-order valence-corrected chi connectivity index (χ0v) is 20.6. The van der Waals surface area contributed by atoms with Gasteiger partial charge in [0.15, 0.2) is 12.4 Å². The van der Waals surface area contributed by atoms with Gasteiger partial charge in [0, 0.05) is 49.5 Å². The Balaban J connectivity index is 0.000000680. The van der Waals surface area contributed by atoms with Gasteiger partial charge in [-0.15, -0.1) is 0 Å². The molecule has 212 valence electrons. The monoisotopic (exact) mass is 580 g/mol. The zero-order chi connectivity index (χ0) is 27.7. The third kappa shape index (κ3) is 34.7. The van der Waals surface area contributed by atoms with Gasteiger partial charge in [0.2, 0.25) is 12.1 Å². The summed E-state index contributed by atoms with van der Waals surface area (Å²) in [7, 11) is -21.3. The van der Waals surface area contributed by atoms with Crippen LogP contribution < -0.4 is 20.6 Å². The first-order valence-corrected chi connectivity index (χ1v) is 14.3. The molecule has 0 aromatic rings. The van der Waals surface area contributed by atoms with Crippen molar-refractivity contribution in [3.63, 3.8) is 0 Å². The molecule has 2 rings (SSSR count). The van der Waals surface area contributed by atoms with Crippen molar-refractivity contribution < 1.29 is 60.3 Å². The van der Waals surface area contributed by atoms with Gasteiger partial charge in [-0.05, 0) is 33.1 Å². The molecule has 35 heavy (non-hydrogen) atoms. The van der Waals surface area contributed by atoms with E-state index in [1.54, 1.807) is 0 Å². The summed E-state index contributed by atoms with van der Waals surface area (Å²) in [6.45, 7) is 6.26. The maximum absolute atomic E-state index is 10.7. The van der Waals surface area contributed by atoms with E-state index in [4.69, 9.17) is 0 Å². The van der Waals surface area contributed by atoms with E-state index in [1.807, 2.05) is 0 Å². The number of allylic oxidation sites excluding steroid dienone is 4. The number of hydrogen-bond donors (Lipinski definition) is 4. The fourth-order valence-electron chi connectivity index (χ4n) is 2.90. The topological polar surface area (TPSA) is 52.0 Å². The molecule has 18 heteroatoms. The number of nitrogens with one attached hydrogen (secondary N) is 4. The van der Waals surface area contributed by atoms with Crippen molar-refractivity contribution in [3.8, 4) is 0 Å². The average Bonchev–Trinajstić information content (AvgIpc) is 2.57. The zero-order valence-electron chi connectivity index (χ0n) is 18.8. The van der Waals surface area contributed by atoms with E-state index in [1.165, 1.54) is 37.1 Å². The van der Waals surface area contributed by atoms with Crippen LogP contribution >= 0.6 is 15.6 Å². The number of rotatable bonds is 0. The number of hydrogen-bond acceptors (Lipinski definition) is 2. The van der Waals surface area contributed by atoms with Crippen molar-refractivity contribution >= 4 is 28.0 Å². The Morgan fingerprint density at radius 3 is 1.17 bits per heavy atom. The molecule has 0 bridgehead atoms. The van der Waals surface area contributed by atoms with E-state index in [2.05, 4.69) is 59.0 Å². The summed E-state index contributed by atoms with van der Waals surface area (Å²) in [5, 5.41) is 6.89. The Morgan fingerprint density at radius 1 is 0.600 bits per heavy atom. The van der Waals surface area contributed by atoms with Crippen LogP contribution in [0.15, 0.2) is 23.5 Å². The molecule has 2 atom stereocenters. The number of fused-ring (bicyclic) bond motifs is 1. The fourth-order valence-corrected chi connectivity index (χ4v) is 2.90. The molecule has 0 radical (unpaired) electrons. The van der Waals surface area contributed by atoms with Crippen molar-refractivity contribution in [2.75, 3.05) is 13.1 Å². The third-order valence-corrected chi connectivity index (χ3v) is 4.21. The van der Waals surface area contributed by atoms with Gasteiger partial charge >= 0.3 is 66.0 Å². The summed E-state index contributed by atoms with van der Waals surface area (Å²) in [5.41, 5.74) is 2.44. The SMILES string of the molecule is C/C1=C\C=[NH+][C@@H]2CCCC[C@H]2[NH+]=C/C=C(\C)NCCCN1.F[P-](F)(F)(F)(F)F.F[P-](F)(F)(F)(F)F. The predicted molar refractivity (Wildman–Crippen MR) is 115 cm³/mol. The Labute approximate surface area is 194 Å². The summed E-state index contributed by atoms with van der Waals surface area (Å²) in [6, 6.07) is 1.04. The molecule has 4 N–H and O–H groups in total. The van der Waals surface area contributed by atoms with Crippen LogP contribution in [-0.4, -0.2) is 37.6 Å². The second-order valence-corrected chi connectivity index (χ2v) is 11.8. The van der Waals surface area contributed by atoms with Gasteiger partial charge in [-0.3, -0.25) is 0 Å². The average molecular weight is 580 g/mol. The minimum atomic E-state index is -10.7. The molecule has 0 aromatic carbocycles. The molecule has 1 fully saturated rings. The van der Waals surface area contributed by atoms with Crippen LogP contribution in [0, 0.1) is 0 Å². The molecule has 4 nitrogen and oxygen atoms in total. The molecule has 0 saturated heterocycles. The second-order valence-electron chi connectivity index (χ2n) is 7.99. The molecule has 0 aromatic heterocycles. The summed E-state index contributed by atoms with van der Waals surface area (Å²) < 4.78 is 118. The molecule has 0 spiro atoms. The molecule has 0 amide bonds. The van der Waals surface area contributed by atoms with Crippen LogP contribution in [0.5, 0.6) is 0 Å². The van der Waals surface area contributed by atoms with Gasteiger partial charge < -0.3 is 10.6 Å². The third-order valence-electron chi connectivity index (χ3n) is 4.21. The van der Waals surface area contributed by atoms with Gasteiger partial charge in [0.25, 0.3) is 0 Å². The van der Waals surface area contributed by atoms with Gasteiger partial charge in [0.1, 0.15) is 0 Å². The van der Waals surface area contributed by atoms with Gasteiger partial charge in [-0.25, -0.2) is 9.98 Å². The first kappa shape index (κ1) is 33.4. The van der Waals surface area contributed by atoms with Crippen LogP contribution in [0.2, 0.25) is 0 Å². The van der Waals surface area contributed by atoms with Crippen LogP contribution in [-0.2, 0) is 0 Å². The molecule has 1 aliphatic carbocycles. The van der Waals surface area contributed by atoms with E-state index in [9.17, 15) is 50.4 Å². The molecular formula is C17H30F12N4P2. The fraction of sp³-hybridized carbons (Fsp3) is 0.647. The quantitative estimate of drug-likeness (QED) is 0.218. The molecular weight excluding hydrogens is 550 g/mol. The van der Waals surface area contributed by atoms with E-state index >= 15 is 0 Å². The van der Waals surface area contributed by atoms with E-state index < -0.39 is 15.6 Å². The standard InChI is InChI=1S/C17H28N4.2F6P/c1-14-8-12-20-16-6-3-4-7-17(16)21-13-9-15(2)19-11-5-10-18-14;2*1-7(2,3,4,5)6/h8-9,12-13,16-19H,3-7,10-11H2,1-2H3;;/q;2*-1/p+2/b14-8+,15-9+,20-12?,21-13?;;/t16-,17-;;/m1../s1. The molecule has 2 aliphatic rings. The van der Waals surface area contributed by atoms with E-state index in [-0.39, 0.29) is 0 Å². The Hall–Kier alpha value is -1.56. The first-order valence-electron chi connectivity index (χ1n) is 10.3.